The number of ether oxygens (including phenoxy) is 1. The fourth-order valence-electron chi connectivity index (χ4n) is 3.30. The third-order valence-corrected chi connectivity index (χ3v) is 4.46. The summed E-state index contributed by atoms with van der Waals surface area (Å²) in [6, 6.07) is 0. The second kappa shape index (κ2) is 3.59. The standard InChI is InChI=1S/C15H18O2/c1-8-4-7-12-10(3)15(16)17-14(12)13-9(2)5-6-11(8)13/h5-6,10,12,14H,4,7H2,1-3H3. The van der Waals surface area contributed by atoms with E-state index in [0.29, 0.717) is 5.92 Å². The van der Waals surface area contributed by atoms with Crippen molar-refractivity contribution in [2.45, 2.75) is 39.7 Å². The van der Waals surface area contributed by atoms with Crippen molar-refractivity contribution in [3.05, 3.63) is 34.4 Å². The van der Waals surface area contributed by atoms with Crippen LogP contribution in [-0.2, 0) is 9.53 Å². The molecule has 90 valence electrons. The number of rotatable bonds is 0. The van der Waals surface area contributed by atoms with Crippen molar-refractivity contribution >= 4 is 5.97 Å². The molecule has 0 spiro atoms. The van der Waals surface area contributed by atoms with Gasteiger partial charge in [0, 0.05) is 11.5 Å². The van der Waals surface area contributed by atoms with Gasteiger partial charge in [0.25, 0.3) is 0 Å². The summed E-state index contributed by atoms with van der Waals surface area (Å²) in [6.07, 6.45) is 6.47. The van der Waals surface area contributed by atoms with E-state index in [1.54, 1.807) is 0 Å². The van der Waals surface area contributed by atoms with Gasteiger partial charge < -0.3 is 4.74 Å². The van der Waals surface area contributed by atoms with Gasteiger partial charge in [0.2, 0.25) is 0 Å². The molecular weight excluding hydrogens is 212 g/mol. The van der Waals surface area contributed by atoms with Crippen LogP contribution in [0.25, 0.3) is 0 Å². The molecule has 0 aromatic rings. The summed E-state index contributed by atoms with van der Waals surface area (Å²) >= 11 is 0. The van der Waals surface area contributed by atoms with Crippen LogP contribution in [-0.4, -0.2) is 12.1 Å². The van der Waals surface area contributed by atoms with Crippen LogP contribution in [0, 0.1) is 11.8 Å². The first kappa shape index (κ1) is 10.8. The fourth-order valence-corrected chi connectivity index (χ4v) is 3.30. The molecule has 2 aliphatic carbocycles. The van der Waals surface area contributed by atoms with Crippen LogP contribution in [0.1, 0.15) is 33.6 Å². The van der Waals surface area contributed by atoms with Crippen molar-refractivity contribution in [1.82, 2.24) is 0 Å². The maximum absolute atomic E-state index is 11.7. The number of hydrogen-bond donors (Lipinski definition) is 0. The number of carbonyl (C=O) groups excluding carboxylic acids is 1. The van der Waals surface area contributed by atoms with E-state index >= 15 is 0 Å². The summed E-state index contributed by atoms with van der Waals surface area (Å²) in [6.45, 7) is 6.32. The van der Waals surface area contributed by atoms with Crippen LogP contribution in [0.2, 0.25) is 0 Å². The van der Waals surface area contributed by atoms with Crippen LogP contribution in [0.4, 0.5) is 0 Å². The molecule has 3 atom stereocenters. The number of hydrogen-bond acceptors (Lipinski definition) is 2. The van der Waals surface area contributed by atoms with E-state index in [4.69, 9.17) is 4.74 Å². The second-order valence-electron chi connectivity index (χ2n) is 5.47. The van der Waals surface area contributed by atoms with E-state index in [2.05, 4.69) is 26.0 Å². The van der Waals surface area contributed by atoms with Gasteiger partial charge in [-0.15, -0.1) is 0 Å². The molecule has 3 unspecified atom stereocenters. The van der Waals surface area contributed by atoms with Gasteiger partial charge in [0.1, 0.15) is 6.10 Å². The van der Waals surface area contributed by atoms with Gasteiger partial charge in [-0.2, -0.15) is 0 Å². The largest absolute Gasteiger partial charge is 0.457 e. The van der Waals surface area contributed by atoms with Gasteiger partial charge in [-0.05, 0) is 37.8 Å². The summed E-state index contributed by atoms with van der Waals surface area (Å²) in [5.74, 6) is 0.388. The molecule has 0 saturated carbocycles. The Hall–Kier alpha value is -1.31. The maximum atomic E-state index is 11.7. The Morgan fingerprint density at radius 3 is 2.82 bits per heavy atom. The molecule has 1 saturated heterocycles. The van der Waals surface area contributed by atoms with Crippen LogP contribution >= 0.6 is 0 Å². The lowest BCUT2D eigenvalue weighted by molar-refractivity contribution is -0.142. The summed E-state index contributed by atoms with van der Waals surface area (Å²) in [4.78, 5) is 11.7. The van der Waals surface area contributed by atoms with Crippen LogP contribution < -0.4 is 0 Å². The summed E-state index contributed by atoms with van der Waals surface area (Å²) < 4.78 is 5.62. The zero-order valence-corrected chi connectivity index (χ0v) is 10.6. The maximum Gasteiger partial charge on any atom is 0.309 e. The van der Waals surface area contributed by atoms with E-state index in [1.165, 1.54) is 22.3 Å². The van der Waals surface area contributed by atoms with Gasteiger partial charge in [0.15, 0.2) is 0 Å². The minimum Gasteiger partial charge on any atom is -0.457 e. The number of fused-ring (bicyclic) bond motifs is 3. The Morgan fingerprint density at radius 1 is 1.29 bits per heavy atom. The summed E-state index contributed by atoms with van der Waals surface area (Å²) in [7, 11) is 0. The second-order valence-corrected chi connectivity index (χ2v) is 5.47. The number of esters is 1. The third kappa shape index (κ3) is 1.43. The quantitative estimate of drug-likeness (QED) is 0.597. The van der Waals surface area contributed by atoms with E-state index < -0.39 is 0 Å². The minimum atomic E-state index is -0.0221. The minimum absolute atomic E-state index is 0.0000463. The molecule has 1 heterocycles. The van der Waals surface area contributed by atoms with Crippen molar-refractivity contribution in [3.63, 3.8) is 0 Å². The molecule has 0 amide bonds. The van der Waals surface area contributed by atoms with Gasteiger partial charge in [-0.1, -0.05) is 24.6 Å². The van der Waals surface area contributed by atoms with Crippen LogP contribution in [0.3, 0.4) is 0 Å². The SMILES string of the molecule is CC1=C2C(=C(C)CCC3C(C)C(=O)OC23)C=C1. The number of carbonyl (C=O) groups is 1. The lowest BCUT2D eigenvalue weighted by Gasteiger charge is -2.19. The summed E-state index contributed by atoms with van der Waals surface area (Å²) in [5, 5.41) is 0. The molecule has 17 heavy (non-hydrogen) atoms. The van der Waals surface area contributed by atoms with Gasteiger partial charge in [-0.3, -0.25) is 4.79 Å². The normalized spacial score (nSPS) is 35.9. The lowest BCUT2D eigenvalue weighted by atomic mass is 9.85. The number of allylic oxidation sites excluding steroid dienone is 4. The highest BCUT2D eigenvalue weighted by atomic mass is 16.6. The van der Waals surface area contributed by atoms with Crippen molar-refractivity contribution in [2.75, 3.05) is 0 Å². The predicted molar refractivity (Wildman–Crippen MR) is 66.3 cm³/mol. The van der Waals surface area contributed by atoms with E-state index in [-0.39, 0.29) is 18.0 Å². The highest BCUT2D eigenvalue weighted by Crippen LogP contribution is 2.45. The Bertz CT molecular complexity index is 479. The molecule has 0 bridgehead atoms. The van der Waals surface area contributed by atoms with E-state index in [0.717, 1.165) is 12.8 Å². The molecular formula is C15H18O2. The molecule has 2 heteroatoms. The lowest BCUT2D eigenvalue weighted by Crippen LogP contribution is -2.20. The molecule has 0 aromatic carbocycles. The first-order valence-electron chi connectivity index (χ1n) is 6.39. The molecule has 1 fully saturated rings. The van der Waals surface area contributed by atoms with Gasteiger partial charge in [-0.25, -0.2) is 0 Å². The smallest absolute Gasteiger partial charge is 0.309 e. The molecule has 0 aromatic heterocycles. The van der Waals surface area contributed by atoms with Crippen LogP contribution in [0.5, 0.6) is 0 Å². The van der Waals surface area contributed by atoms with Crippen molar-refractivity contribution < 1.29 is 9.53 Å². The molecule has 3 aliphatic rings. The first-order chi connectivity index (χ1) is 8.09. The summed E-state index contributed by atoms with van der Waals surface area (Å²) in [5.41, 5.74) is 5.28. The van der Waals surface area contributed by atoms with E-state index in [1.807, 2.05) is 6.92 Å². The predicted octanol–water partition coefficient (Wildman–Crippen LogP) is 3.16. The average molecular weight is 230 g/mol. The van der Waals surface area contributed by atoms with Crippen LogP contribution in [0.15, 0.2) is 34.4 Å². The van der Waals surface area contributed by atoms with Crippen molar-refractivity contribution in [3.8, 4) is 0 Å². The Morgan fingerprint density at radius 2 is 2.06 bits per heavy atom. The monoisotopic (exact) mass is 230 g/mol. The molecule has 3 rings (SSSR count). The van der Waals surface area contributed by atoms with Gasteiger partial charge >= 0.3 is 5.97 Å². The zero-order chi connectivity index (χ0) is 12.2. The van der Waals surface area contributed by atoms with E-state index in [9.17, 15) is 4.79 Å². The Balaban J connectivity index is 2.09. The Labute approximate surface area is 102 Å². The fraction of sp³-hybridized carbons (Fsp3) is 0.533. The highest BCUT2D eigenvalue weighted by Gasteiger charge is 2.46. The molecule has 2 nitrogen and oxygen atoms in total. The average Bonchev–Trinajstić information content (AvgIpc) is 2.75. The molecule has 1 aliphatic heterocycles. The molecule has 0 radical (unpaired) electrons. The molecule has 0 N–H and O–H groups in total. The first-order valence-corrected chi connectivity index (χ1v) is 6.39. The van der Waals surface area contributed by atoms with Crippen molar-refractivity contribution in [2.24, 2.45) is 11.8 Å². The third-order valence-electron chi connectivity index (χ3n) is 4.46. The van der Waals surface area contributed by atoms with Gasteiger partial charge in [0.05, 0.1) is 5.92 Å². The highest BCUT2D eigenvalue weighted by molar-refractivity contribution is 5.76. The Kier molecular flexibility index (Phi) is 2.29. The zero-order valence-electron chi connectivity index (χ0n) is 10.6. The topological polar surface area (TPSA) is 26.3 Å². The van der Waals surface area contributed by atoms with Crippen molar-refractivity contribution in [1.29, 1.82) is 0 Å².